The molecule has 0 spiro atoms. The van der Waals surface area contributed by atoms with E-state index in [0.29, 0.717) is 49.8 Å². The molecule has 3 rings (SSSR count). The molecular weight excluding hydrogens is 337 g/mol. The van der Waals surface area contributed by atoms with Gasteiger partial charge in [0.1, 0.15) is 11.6 Å². The second-order valence-corrected chi connectivity index (χ2v) is 6.00. The molecule has 1 fully saturated rings. The van der Waals surface area contributed by atoms with Crippen molar-refractivity contribution in [3.63, 3.8) is 0 Å². The SMILES string of the molecule is NCCC1CN(C(=O)Nc2ccccc2Oc2ccc(F)cc2)CCO1. The predicted octanol–water partition coefficient (Wildman–Crippen LogP) is 3.20. The van der Waals surface area contributed by atoms with Crippen LogP contribution in [0.1, 0.15) is 6.42 Å². The molecule has 1 aliphatic heterocycles. The Bertz CT molecular complexity index is 737. The Kier molecular flexibility index (Phi) is 6.04. The maximum Gasteiger partial charge on any atom is 0.322 e. The summed E-state index contributed by atoms with van der Waals surface area (Å²) in [7, 11) is 0. The van der Waals surface area contributed by atoms with Gasteiger partial charge in [0.2, 0.25) is 0 Å². The first-order valence-corrected chi connectivity index (χ1v) is 8.56. The molecule has 26 heavy (non-hydrogen) atoms. The van der Waals surface area contributed by atoms with Crippen molar-refractivity contribution in [1.82, 2.24) is 4.90 Å². The van der Waals surface area contributed by atoms with Crippen LogP contribution in [0.2, 0.25) is 0 Å². The van der Waals surface area contributed by atoms with E-state index in [1.165, 1.54) is 24.3 Å². The summed E-state index contributed by atoms with van der Waals surface area (Å²) in [6.07, 6.45) is 0.679. The first-order valence-electron chi connectivity index (χ1n) is 8.56. The Morgan fingerprint density at radius 1 is 1.27 bits per heavy atom. The number of hydrogen-bond donors (Lipinski definition) is 2. The lowest BCUT2D eigenvalue weighted by atomic mass is 10.2. The zero-order valence-electron chi connectivity index (χ0n) is 14.4. The highest BCUT2D eigenvalue weighted by atomic mass is 19.1. The van der Waals surface area contributed by atoms with E-state index in [9.17, 15) is 9.18 Å². The van der Waals surface area contributed by atoms with E-state index in [1.54, 1.807) is 23.1 Å². The van der Waals surface area contributed by atoms with Gasteiger partial charge in [0.25, 0.3) is 0 Å². The smallest absolute Gasteiger partial charge is 0.322 e. The number of carbonyl (C=O) groups excluding carboxylic acids is 1. The fourth-order valence-corrected chi connectivity index (χ4v) is 2.75. The van der Waals surface area contributed by atoms with Crippen LogP contribution >= 0.6 is 0 Å². The molecule has 2 aromatic carbocycles. The predicted molar refractivity (Wildman–Crippen MR) is 96.9 cm³/mol. The Labute approximate surface area is 151 Å². The van der Waals surface area contributed by atoms with E-state index in [-0.39, 0.29) is 18.0 Å². The average Bonchev–Trinajstić information content (AvgIpc) is 2.66. The van der Waals surface area contributed by atoms with Gasteiger partial charge in [-0.15, -0.1) is 0 Å². The summed E-state index contributed by atoms with van der Waals surface area (Å²) in [5.41, 5.74) is 6.11. The standard InChI is InChI=1S/C19H22FN3O3/c20-14-5-7-15(8-6-14)26-18-4-2-1-3-17(18)22-19(24)23-11-12-25-16(13-23)9-10-21/h1-8,16H,9-13,21H2,(H,22,24). The lowest BCUT2D eigenvalue weighted by molar-refractivity contribution is -0.0146. The van der Waals surface area contributed by atoms with E-state index in [2.05, 4.69) is 5.32 Å². The Morgan fingerprint density at radius 2 is 2.04 bits per heavy atom. The molecule has 3 N–H and O–H groups in total. The van der Waals surface area contributed by atoms with E-state index in [1.807, 2.05) is 6.07 Å². The summed E-state index contributed by atoms with van der Waals surface area (Å²) >= 11 is 0. The number of benzene rings is 2. The van der Waals surface area contributed by atoms with Crippen LogP contribution in [0, 0.1) is 5.82 Å². The molecule has 1 saturated heterocycles. The molecule has 1 unspecified atom stereocenters. The number of morpholine rings is 1. The third kappa shape index (κ3) is 4.71. The number of para-hydroxylation sites is 2. The molecular formula is C19H22FN3O3. The number of nitrogens with zero attached hydrogens (tertiary/aromatic N) is 1. The summed E-state index contributed by atoms with van der Waals surface area (Å²) in [4.78, 5) is 14.3. The van der Waals surface area contributed by atoms with Gasteiger partial charge in [0.05, 0.1) is 18.4 Å². The normalized spacial score (nSPS) is 17.0. The number of halogens is 1. The van der Waals surface area contributed by atoms with Gasteiger partial charge in [-0.2, -0.15) is 0 Å². The molecule has 138 valence electrons. The third-order valence-corrected chi connectivity index (χ3v) is 4.08. The molecule has 0 radical (unpaired) electrons. The van der Waals surface area contributed by atoms with Gasteiger partial charge < -0.3 is 25.4 Å². The lowest BCUT2D eigenvalue weighted by Gasteiger charge is -2.33. The topological polar surface area (TPSA) is 76.8 Å². The van der Waals surface area contributed by atoms with Crippen molar-refractivity contribution in [2.24, 2.45) is 5.73 Å². The summed E-state index contributed by atoms with van der Waals surface area (Å²) in [5, 5.41) is 2.88. The lowest BCUT2D eigenvalue weighted by Crippen LogP contribution is -2.47. The molecule has 0 aromatic heterocycles. The van der Waals surface area contributed by atoms with E-state index in [0.717, 1.165) is 0 Å². The maximum atomic E-state index is 13.0. The van der Waals surface area contributed by atoms with Crippen LogP contribution in [0.5, 0.6) is 11.5 Å². The highest BCUT2D eigenvalue weighted by Crippen LogP contribution is 2.29. The Balaban J connectivity index is 1.67. The van der Waals surface area contributed by atoms with Crippen LogP contribution in [-0.2, 0) is 4.74 Å². The molecule has 1 aliphatic rings. The second kappa shape index (κ2) is 8.64. The molecule has 2 aromatic rings. The monoisotopic (exact) mass is 359 g/mol. The zero-order chi connectivity index (χ0) is 18.4. The van der Waals surface area contributed by atoms with E-state index < -0.39 is 0 Å². The molecule has 0 bridgehead atoms. The minimum absolute atomic E-state index is 0.0368. The Hall–Kier alpha value is -2.64. The summed E-state index contributed by atoms with van der Waals surface area (Å²) in [6, 6.07) is 12.6. The summed E-state index contributed by atoms with van der Waals surface area (Å²) in [6.45, 7) is 2.04. The van der Waals surface area contributed by atoms with Gasteiger partial charge >= 0.3 is 6.03 Å². The number of nitrogens with two attached hydrogens (primary N) is 1. The quantitative estimate of drug-likeness (QED) is 0.859. The largest absolute Gasteiger partial charge is 0.455 e. The van der Waals surface area contributed by atoms with Crippen LogP contribution in [0.25, 0.3) is 0 Å². The van der Waals surface area contributed by atoms with Crippen LogP contribution in [-0.4, -0.2) is 43.3 Å². The fourth-order valence-electron chi connectivity index (χ4n) is 2.75. The number of carbonyl (C=O) groups is 1. The van der Waals surface area contributed by atoms with Crippen LogP contribution in [0.15, 0.2) is 48.5 Å². The number of amides is 2. The van der Waals surface area contributed by atoms with Crippen molar-refractivity contribution >= 4 is 11.7 Å². The molecule has 6 nitrogen and oxygen atoms in total. The van der Waals surface area contributed by atoms with Crippen molar-refractivity contribution in [3.05, 3.63) is 54.3 Å². The number of urea groups is 1. The van der Waals surface area contributed by atoms with E-state index in [4.69, 9.17) is 15.2 Å². The highest BCUT2D eigenvalue weighted by Gasteiger charge is 2.24. The van der Waals surface area contributed by atoms with Gasteiger partial charge in [0.15, 0.2) is 5.75 Å². The number of nitrogens with one attached hydrogen (secondary N) is 1. The molecule has 1 heterocycles. The molecule has 7 heteroatoms. The van der Waals surface area contributed by atoms with E-state index >= 15 is 0 Å². The van der Waals surface area contributed by atoms with Crippen molar-refractivity contribution in [2.75, 3.05) is 31.6 Å². The zero-order valence-corrected chi connectivity index (χ0v) is 14.4. The first kappa shape index (κ1) is 18.2. The van der Waals surface area contributed by atoms with Gasteiger partial charge in [-0.05, 0) is 49.4 Å². The maximum absolute atomic E-state index is 13.0. The number of hydrogen-bond acceptors (Lipinski definition) is 4. The van der Waals surface area contributed by atoms with Gasteiger partial charge in [-0.1, -0.05) is 12.1 Å². The molecule has 1 atom stereocenters. The van der Waals surface area contributed by atoms with Crippen molar-refractivity contribution in [2.45, 2.75) is 12.5 Å². The number of anilines is 1. The van der Waals surface area contributed by atoms with Crippen LogP contribution in [0.4, 0.5) is 14.9 Å². The van der Waals surface area contributed by atoms with Crippen LogP contribution < -0.4 is 15.8 Å². The van der Waals surface area contributed by atoms with Crippen LogP contribution in [0.3, 0.4) is 0 Å². The average molecular weight is 359 g/mol. The number of rotatable bonds is 5. The Morgan fingerprint density at radius 3 is 2.81 bits per heavy atom. The first-order chi connectivity index (χ1) is 12.7. The molecule has 2 amide bonds. The van der Waals surface area contributed by atoms with Gasteiger partial charge in [-0.25, -0.2) is 9.18 Å². The second-order valence-electron chi connectivity index (χ2n) is 6.00. The van der Waals surface area contributed by atoms with Gasteiger partial charge in [0, 0.05) is 13.1 Å². The minimum atomic E-state index is -0.335. The third-order valence-electron chi connectivity index (χ3n) is 4.08. The van der Waals surface area contributed by atoms with Crippen molar-refractivity contribution in [1.29, 1.82) is 0 Å². The minimum Gasteiger partial charge on any atom is -0.455 e. The molecule has 0 saturated carbocycles. The van der Waals surface area contributed by atoms with Crippen molar-refractivity contribution in [3.8, 4) is 11.5 Å². The highest BCUT2D eigenvalue weighted by molar-refractivity contribution is 5.91. The fraction of sp³-hybridized carbons (Fsp3) is 0.316. The number of ether oxygens (including phenoxy) is 2. The summed E-state index contributed by atoms with van der Waals surface area (Å²) < 4.78 is 24.4. The summed E-state index contributed by atoms with van der Waals surface area (Å²) in [5.74, 6) is 0.639. The van der Waals surface area contributed by atoms with Crippen molar-refractivity contribution < 1.29 is 18.7 Å². The molecule has 0 aliphatic carbocycles. The van der Waals surface area contributed by atoms with Gasteiger partial charge in [-0.3, -0.25) is 0 Å².